The number of amides is 2. The molecule has 1 aromatic heterocycles. The average molecular weight is 289 g/mol. The van der Waals surface area contributed by atoms with Crippen LogP contribution >= 0.6 is 0 Å². The molecule has 2 amide bonds. The van der Waals surface area contributed by atoms with Crippen LogP contribution in [0.3, 0.4) is 0 Å². The van der Waals surface area contributed by atoms with E-state index < -0.39 is 30.0 Å². The summed E-state index contributed by atoms with van der Waals surface area (Å²) in [5.74, 6) is -2.03. The molecule has 20 heavy (non-hydrogen) atoms. The zero-order valence-corrected chi connectivity index (χ0v) is 10.9. The van der Waals surface area contributed by atoms with Gasteiger partial charge < -0.3 is 11.1 Å². The second-order valence-corrected chi connectivity index (χ2v) is 4.63. The number of carbonyl (C=O) groups excluding carboxylic acids is 2. The van der Waals surface area contributed by atoms with Crippen molar-refractivity contribution >= 4 is 11.8 Å². The van der Waals surface area contributed by atoms with Crippen LogP contribution in [0.1, 0.15) is 35.8 Å². The highest BCUT2D eigenvalue weighted by molar-refractivity contribution is 5.92. The molecule has 8 heteroatoms. The summed E-state index contributed by atoms with van der Waals surface area (Å²) in [6, 6.07) is -0.693. The third-order valence-electron chi connectivity index (χ3n) is 2.48. The van der Waals surface area contributed by atoms with E-state index >= 15 is 0 Å². The molecule has 0 saturated heterocycles. The molecule has 1 aromatic rings. The number of rotatable bonds is 5. The molecule has 0 aliphatic rings. The topological polar surface area (TPSA) is 85.1 Å². The highest BCUT2D eigenvalue weighted by Gasteiger charge is 2.32. The van der Waals surface area contributed by atoms with Crippen molar-refractivity contribution in [2.24, 2.45) is 5.73 Å². The molecule has 3 N–H and O–H groups in total. The smallest absolute Gasteiger partial charge is 0.262 e. The Bertz CT molecular complexity index is 515. The van der Waals surface area contributed by atoms with Crippen LogP contribution in [-0.2, 0) is 4.79 Å². The first-order valence-corrected chi connectivity index (χ1v) is 5.65. The molecule has 110 valence electrons. The van der Waals surface area contributed by atoms with Gasteiger partial charge in [-0.25, -0.2) is 13.2 Å². The minimum atomic E-state index is -2.99. The monoisotopic (exact) mass is 289 g/mol. The van der Waals surface area contributed by atoms with Gasteiger partial charge in [0.15, 0.2) is 5.67 Å². The van der Waals surface area contributed by atoms with Crippen LogP contribution in [0, 0.1) is 0 Å². The standard InChI is InChI=1S/C12H14F3N3O2/c1-12(2,15)11(20)18-8(9(13)14)6-3-7(10(16)19)5-17-4-6/h3-5,8-9H,1-2H3,(H2,16,19)(H,18,20). The molecule has 0 aliphatic carbocycles. The molecule has 1 unspecified atom stereocenters. The van der Waals surface area contributed by atoms with Crippen LogP contribution in [0.15, 0.2) is 18.5 Å². The van der Waals surface area contributed by atoms with Crippen LogP contribution in [0.2, 0.25) is 0 Å². The summed E-state index contributed by atoms with van der Waals surface area (Å²) in [7, 11) is 0. The van der Waals surface area contributed by atoms with Gasteiger partial charge in [-0.05, 0) is 25.5 Å². The number of halogens is 3. The summed E-state index contributed by atoms with van der Waals surface area (Å²) in [5, 5.41) is 1.88. The molecular weight excluding hydrogens is 275 g/mol. The predicted molar refractivity (Wildman–Crippen MR) is 64.8 cm³/mol. The van der Waals surface area contributed by atoms with Gasteiger partial charge in [0.1, 0.15) is 6.04 Å². The van der Waals surface area contributed by atoms with Crippen molar-refractivity contribution in [3.05, 3.63) is 29.6 Å². The van der Waals surface area contributed by atoms with Crippen molar-refractivity contribution in [2.75, 3.05) is 0 Å². The molecule has 5 nitrogen and oxygen atoms in total. The van der Waals surface area contributed by atoms with Gasteiger partial charge in [-0.3, -0.25) is 14.6 Å². The van der Waals surface area contributed by atoms with E-state index in [9.17, 15) is 22.8 Å². The van der Waals surface area contributed by atoms with E-state index in [-0.39, 0.29) is 11.1 Å². The van der Waals surface area contributed by atoms with Gasteiger partial charge in [0, 0.05) is 12.4 Å². The maximum absolute atomic E-state index is 13.4. The Kier molecular flexibility index (Phi) is 4.69. The number of nitrogens with two attached hydrogens (primary N) is 1. The summed E-state index contributed by atoms with van der Waals surface area (Å²) in [6.07, 6.45) is -0.837. The van der Waals surface area contributed by atoms with Gasteiger partial charge in [0.25, 0.3) is 12.3 Å². The molecule has 0 spiro atoms. The van der Waals surface area contributed by atoms with Crippen molar-refractivity contribution in [1.82, 2.24) is 10.3 Å². The summed E-state index contributed by atoms with van der Waals surface area (Å²) in [4.78, 5) is 26.0. The first-order valence-electron chi connectivity index (χ1n) is 5.65. The van der Waals surface area contributed by atoms with Gasteiger partial charge in [-0.15, -0.1) is 0 Å². The number of alkyl halides is 3. The van der Waals surface area contributed by atoms with E-state index in [0.29, 0.717) is 0 Å². The minimum absolute atomic E-state index is 0.0816. The van der Waals surface area contributed by atoms with Crippen LogP contribution in [-0.4, -0.2) is 28.9 Å². The Morgan fingerprint density at radius 1 is 1.35 bits per heavy atom. The Morgan fingerprint density at radius 3 is 2.40 bits per heavy atom. The summed E-state index contributed by atoms with van der Waals surface area (Å²) in [6.45, 7) is 1.89. The lowest BCUT2D eigenvalue weighted by Crippen LogP contribution is -2.43. The second-order valence-electron chi connectivity index (χ2n) is 4.63. The number of pyridine rings is 1. The van der Waals surface area contributed by atoms with Crippen molar-refractivity contribution in [1.29, 1.82) is 0 Å². The molecule has 0 fully saturated rings. The fraction of sp³-hybridized carbons (Fsp3) is 0.417. The maximum Gasteiger partial charge on any atom is 0.262 e. The quantitative estimate of drug-likeness (QED) is 0.858. The second kappa shape index (κ2) is 5.89. The highest BCUT2D eigenvalue weighted by Crippen LogP contribution is 2.22. The molecule has 1 atom stereocenters. The Labute approximate surface area is 113 Å². The maximum atomic E-state index is 13.4. The van der Waals surface area contributed by atoms with Gasteiger partial charge in [-0.2, -0.15) is 0 Å². The normalized spacial score (nSPS) is 13.1. The van der Waals surface area contributed by atoms with Crippen molar-refractivity contribution < 1.29 is 22.8 Å². The van der Waals surface area contributed by atoms with Gasteiger partial charge in [-0.1, -0.05) is 0 Å². The predicted octanol–water partition coefficient (Wildman–Crippen LogP) is 1.35. The van der Waals surface area contributed by atoms with Crippen molar-refractivity contribution in [3.63, 3.8) is 0 Å². The zero-order chi connectivity index (χ0) is 15.5. The molecule has 0 bridgehead atoms. The lowest BCUT2D eigenvalue weighted by Gasteiger charge is -2.22. The molecule has 0 aliphatic heterocycles. The Morgan fingerprint density at radius 2 is 1.95 bits per heavy atom. The number of nitrogens with zero attached hydrogens (tertiary/aromatic N) is 1. The molecule has 0 aromatic carbocycles. The van der Waals surface area contributed by atoms with E-state index in [1.807, 2.05) is 5.32 Å². The zero-order valence-electron chi connectivity index (χ0n) is 10.9. The lowest BCUT2D eigenvalue weighted by atomic mass is 10.1. The first kappa shape index (κ1) is 15.9. The average Bonchev–Trinajstić information content (AvgIpc) is 2.34. The Balaban J connectivity index is 3.06. The van der Waals surface area contributed by atoms with Crippen LogP contribution in [0.25, 0.3) is 0 Å². The third kappa shape index (κ3) is 3.94. The van der Waals surface area contributed by atoms with Gasteiger partial charge in [0.05, 0.1) is 5.56 Å². The first-order chi connectivity index (χ1) is 9.12. The van der Waals surface area contributed by atoms with Gasteiger partial charge in [0.2, 0.25) is 5.91 Å². The van der Waals surface area contributed by atoms with Crippen LogP contribution in [0.5, 0.6) is 0 Å². The van der Waals surface area contributed by atoms with E-state index in [0.717, 1.165) is 32.3 Å². The summed E-state index contributed by atoms with van der Waals surface area (Å²) in [5.41, 5.74) is 2.50. The summed E-state index contributed by atoms with van der Waals surface area (Å²) < 4.78 is 39.4. The van der Waals surface area contributed by atoms with Crippen molar-refractivity contribution in [3.8, 4) is 0 Å². The fourth-order valence-corrected chi connectivity index (χ4v) is 1.37. The largest absolute Gasteiger partial charge is 0.366 e. The van der Waals surface area contributed by atoms with E-state index in [1.54, 1.807) is 0 Å². The third-order valence-corrected chi connectivity index (χ3v) is 2.48. The van der Waals surface area contributed by atoms with E-state index in [1.165, 1.54) is 0 Å². The number of primary amides is 1. The lowest BCUT2D eigenvalue weighted by molar-refractivity contribution is -0.132. The van der Waals surface area contributed by atoms with Crippen LogP contribution in [0.4, 0.5) is 13.2 Å². The number of aromatic nitrogens is 1. The van der Waals surface area contributed by atoms with Crippen molar-refractivity contribution in [2.45, 2.75) is 32.0 Å². The highest BCUT2D eigenvalue weighted by atomic mass is 19.3. The van der Waals surface area contributed by atoms with Crippen LogP contribution < -0.4 is 11.1 Å². The SMILES string of the molecule is CC(C)(F)C(=O)NC(c1cncc(C(N)=O)c1)C(F)F. The molecule has 1 rings (SSSR count). The summed E-state index contributed by atoms with van der Waals surface area (Å²) >= 11 is 0. The number of hydrogen-bond acceptors (Lipinski definition) is 3. The minimum Gasteiger partial charge on any atom is -0.366 e. The number of nitrogens with one attached hydrogen (secondary N) is 1. The van der Waals surface area contributed by atoms with E-state index in [2.05, 4.69) is 4.98 Å². The molecule has 0 radical (unpaired) electrons. The Hall–Kier alpha value is -2.12. The number of hydrogen-bond donors (Lipinski definition) is 2. The number of carbonyl (C=O) groups is 2. The van der Waals surface area contributed by atoms with Gasteiger partial charge >= 0.3 is 0 Å². The molecule has 0 saturated carbocycles. The fourth-order valence-electron chi connectivity index (χ4n) is 1.37. The molecular formula is C12H14F3N3O2. The van der Waals surface area contributed by atoms with E-state index in [4.69, 9.17) is 5.73 Å². The molecule has 1 heterocycles.